The van der Waals surface area contributed by atoms with Crippen molar-refractivity contribution >= 4 is 17.4 Å². The molecule has 0 aliphatic carbocycles. The number of nitriles is 1. The molecule has 1 aromatic heterocycles. The van der Waals surface area contributed by atoms with Crippen molar-refractivity contribution in [3.05, 3.63) is 46.4 Å². The van der Waals surface area contributed by atoms with E-state index in [9.17, 15) is 15.5 Å². The van der Waals surface area contributed by atoms with Gasteiger partial charge in [0, 0.05) is 73.3 Å². The molecule has 9 nitrogen and oxygen atoms in total. The number of carbonyl (C=O) groups excluding carboxylic acids is 1. The minimum atomic E-state index is 0.0357. The summed E-state index contributed by atoms with van der Waals surface area (Å²) in [7, 11) is 1.91. The third-order valence-corrected chi connectivity index (χ3v) is 8.05. The van der Waals surface area contributed by atoms with Crippen molar-refractivity contribution in [2.24, 2.45) is 7.05 Å². The Kier molecular flexibility index (Phi) is 7.02. The number of fused-ring (bicyclic) bond motifs is 1. The third-order valence-electron chi connectivity index (χ3n) is 8.05. The van der Waals surface area contributed by atoms with Crippen molar-refractivity contribution in [3.63, 3.8) is 0 Å². The lowest BCUT2D eigenvalue weighted by Gasteiger charge is -2.38. The van der Waals surface area contributed by atoms with Crippen LogP contribution in [0, 0.1) is 23.7 Å². The average molecular weight is 501 g/mol. The lowest BCUT2D eigenvalue weighted by Crippen LogP contribution is -2.47. The highest BCUT2D eigenvalue weighted by atomic mass is 16.2. The molecule has 3 aliphatic heterocycles. The van der Waals surface area contributed by atoms with Crippen molar-refractivity contribution in [1.82, 2.24) is 25.3 Å². The van der Waals surface area contributed by atoms with E-state index in [1.807, 2.05) is 40.7 Å². The van der Waals surface area contributed by atoms with Crippen molar-refractivity contribution in [1.29, 1.82) is 10.7 Å². The number of amides is 1. The number of nitrogens with zero attached hydrogens (tertiary/aromatic N) is 5. The molecule has 4 heterocycles. The smallest absolute Gasteiger partial charge is 0.219 e. The number of hydrogen-bond acceptors (Lipinski definition) is 6. The molecule has 37 heavy (non-hydrogen) atoms. The highest BCUT2D eigenvalue weighted by molar-refractivity contribution is 6.09. The minimum absolute atomic E-state index is 0.0357. The molecular weight excluding hydrogens is 464 g/mol. The number of carbonyl (C=O) groups is 1. The highest BCUT2D eigenvalue weighted by Crippen LogP contribution is 2.37. The number of hydrogen-bond donors (Lipinski definition) is 3. The average Bonchev–Trinajstić information content (AvgIpc) is 3.25. The summed E-state index contributed by atoms with van der Waals surface area (Å²) < 4.78 is 1.82. The topological polar surface area (TPSA) is 113 Å². The Balaban J connectivity index is 1.52. The van der Waals surface area contributed by atoms with Crippen LogP contribution < -0.4 is 15.5 Å². The van der Waals surface area contributed by atoms with Crippen molar-refractivity contribution in [2.45, 2.75) is 52.0 Å². The molecule has 2 aromatic rings. The molecule has 0 unspecified atom stereocenters. The molecule has 1 saturated heterocycles. The van der Waals surface area contributed by atoms with Crippen LogP contribution in [0.15, 0.2) is 29.6 Å². The van der Waals surface area contributed by atoms with Gasteiger partial charge in [0.25, 0.3) is 0 Å². The van der Waals surface area contributed by atoms with Crippen LogP contribution in [0.4, 0.5) is 5.69 Å². The Morgan fingerprint density at radius 3 is 2.68 bits per heavy atom. The van der Waals surface area contributed by atoms with Crippen molar-refractivity contribution < 1.29 is 4.79 Å². The monoisotopic (exact) mass is 500 g/mol. The summed E-state index contributed by atoms with van der Waals surface area (Å²) in [6.07, 6.45) is 6.47. The maximum Gasteiger partial charge on any atom is 0.219 e. The molecule has 194 valence electrons. The molecule has 0 radical (unpaired) electrons. The van der Waals surface area contributed by atoms with Crippen LogP contribution in [0.25, 0.3) is 11.1 Å². The number of anilines is 1. The van der Waals surface area contributed by atoms with Crippen LogP contribution in [0.3, 0.4) is 0 Å². The van der Waals surface area contributed by atoms with Gasteiger partial charge in [-0.3, -0.25) is 14.9 Å². The molecular formula is C28H36N8O. The van der Waals surface area contributed by atoms with E-state index in [4.69, 9.17) is 0 Å². The summed E-state index contributed by atoms with van der Waals surface area (Å²) >= 11 is 0. The molecule has 0 bridgehead atoms. The van der Waals surface area contributed by atoms with E-state index in [-0.39, 0.29) is 5.91 Å². The first-order valence-corrected chi connectivity index (χ1v) is 13.2. The fourth-order valence-electron chi connectivity index (χ4n) is 5.73. The van der Waals surface area contributed by atoms with Gasteiger partial charge in [-0.2, -0.15) is 10.4 Å². The van der Waals surface area contributed by atoms with E-state index in [0.717, 1.165) is 84.5 Å². The van der Waals surface area contributed by atoms with Crippen LogP contribution >= 0.6 is 0 Å². The van der Waals surface area contributed by atoms with Crippen molar-refractivity contribution in [3.8, 4) is 17.2 Å². The Bertz CT molecular complexity index is 1290. The second kappa shape index (κ2) is 10.4. The van der Waals surface area contributed by atoms with Gasteiger partial charge in [0.05, 0.1) is 24.4 Å². The molecule has 3 N–H and O–H groups in total. The van der Waals surface area contributed by atoms with E-state index in [1.165, 1.54) is 0 Å². The summed E-state index contributed by atoms with van der Waals surface area (Å²) in [6, 6.07) is 6.82. The highest BCUT2D eigenvalue weighted by Gasteiger charge is 2.31. The van der Waals surface area contributed by atoms with Gasteiger partial charge >= 0.3 is 0 Å². The molecule has 9 heteroatoms. The number of amidine groups is 1. The number of rotatable bonds is 4. The largest absolute Gasteiger partial charge is 0.385 e. The molecule has 3 aliphatic rings. The number of nitrogens with one attached hydrogen (secondary N) is 3. The summed E-state index contributed by atoms with van der Waals surface area (Å²) in [5.74, 6) is 0.464. The summed E-state index contributed by atoms with van der Waals surface area (Å²) in [5, 5.41) is 30.9. The van der Waals surface area contributed by atoms with Crippen LogP contribution in [-0.4, -0.2) is 65.2 Å². The minimum Gasteiger partial charge on any atom is -0.385 e. The number of aryl methyl sites for hydroxylation is 2. The standard InChI is InChI=1S/C28H36N8O/c1-18-24(16-32-34(18)3)23-13-20-5-4-11-36(27(20)14-21(23)15-29)28(30)25-17-35(19(2)37)12-8-26(25)33-22-6-9-31-10-7-22/h13-14,16,22,30-31,33H,4-12,17H2,1-3H3. The van der Waals surface area contributed by atoms with Gasteiger partial charge in [0.1, 0.15) is 5.84 Å². The first-order chi connectivity index (χ1) is 17.9. The second-order valence-electron chi connectivity index (χ2n) is 10.3. The van der Waals surface area contributed by atoms with E-state index >= 15 is 0 Å². The van der Waals surface area contributed by atoms with Crippen LogP contribution in [0.5, 0.6) is 0 Å². The van der Waals surface area contributed by atoms with Gasteiger partial charge in [0.15, 0.2) is 0 Å². The van der Waals surface area contributed by atoms with E-state index in [0.29, 0.717) is 37.1 Å². The van der Waals surface area contributed by atoms with E-state index in [1.54, 1.807) is 6.92 Å². The van der Waals surface area contributed by atoms with Crippen molar-refractivity contribution in [2.75, 3.05) is 37.6 Å². The second-order valence-corrected chi connectivity index (χ2v) is 10.3. The number of aromatic nitrogens is 2. The Labute approximate surface area is 218 Å². The molecule has 1 aromatic carbocycles. The molecule has 0 saturated carbocycles. The predicted octanol–water partition coefficient (Wildman–Crippen LogP) is 2.84. The Hall–Kier alpha value is -3.64. The zero-order valence-corrected chi connectivity index (χ0v) is 22.0. The summed E-state index contributed by atoms with van der Waals surface area (Å²) in [6.45, 7) is 7.42. The fourth-order valence-corrected chi connectivity index (χ4v) is 5.73. The maximum absolute atomic E-state index is 12.3. The third kappa shape index (κ3) is 4.86. The SMILES string of the molecule is CC(=O)N1CCC(NC2CCNCC2)=C(C(=N)N2CCCc3cc(-c4cnn(C)c4C)c(C#N)cc32)C1. The van der Waals surface area contributed by atoms with Gasteiger partial charge in [0.2, 0.25) is 5.91 Å². The van der Waals surface area contributed by atoms with Crippen LogP contribution in [-0.2, 0) is 18.3 Å². The van der Waals surface area contributed by atoms with Gasteiger partial charge in [-0.15, -0.1) is 0 Å². The molecule has 1 fully saturated rings. The van der Waals surface area contributed by atoms with Gasteiger partial charge in [-0.05, 0) is 63.4 Å². The van der Waals surface area contributed by atoms with E-state index in [2.05, 4.69) is 27.9 Å². The van der Waals surface area contributed by atoms with Crippen LogP contribution in [0.2, 0.25) is 0 Å². The molecule has 1 amide bonds. The Morgan fingerprint density at radius 1 is 1.22 bits per heavy atom. The fraction of sp³-hybridized carbons (Fsp3) is 0.500. The number of piperidine rings is 1. The van der Waals surface area contributed by atoms with Crippen LogP contribution in [0.1, 0.15) is 49.4 Å². The van der Waals surface area contributed by atoms with Gasteiger partial charge in [-0.1, -0.05) is 0 Å². The quantitative estimate of drug-likeness (QED) is 0.440. The van der Waals surface area contributed by atoms with E-state index < -0.39 is 0 Å². The molecule has 0 atom stereocenters. The lowest BCUT2D eigenvalue weighted by atomic mass is 9.91. The molecule has 0 spiro atoms. The summed E-state index contributed by atoms with van der Waals surface area (Å²) in [4.78, 5) is 16.1. The first-order valence-electron chi connectivity index (χ1n) is 13.2. The van der Waals surface area contributed by atoms with Gasteiger partial charge in [-0.25, -0.2) is 0 Å². The first kappa shape index (κ1) is 25.0. The zero-order valence-electron chi connectivity index (χ0n) is 22.0. The summed E-state index contributed by atoms with van der Waals surface area (Å²) in [5.41, 5.74) is 7.51. The molecule has 5 rings (SSSR count). The number of benzene rings is 1. The lowest BCUT2D eigenvalue weighted by molar-refractivity contribution is -0.128. The van der Waals surface area contributed by atoms with Gasteiger partial charge < -0.3 is 20.4 Å². The zero-order chi connectivity index (χ0) is 26.1. The maximum atomic E-state index is 12.3. The Morgan fingerprint density at radius 2 is 2.00 bits per heavy atom. The normalized spacial score (nSPS) is 18.4. The predicted molar refractivity (Wildman–Crippen MR) is 144 cm³/mol.